The molecule has 1 aliphatic heterocycles. The summed E-state index contributed by atoms with van der Waals surface area (Å²) >= 11 is 0. The van der Waals surface area contributed by atoms with Gasteiger partial charge in [0.25, 0.3) is 0 Å². The minimum absolute atomic E-state index is 0.485. The zero-order valence-electron chi connectivity index (χ0n) is 11.8. The van der Waals surface area contributed by atoms with Crippen molar-refractivity contribution in [3.63, 3.8) is 0 Å². The van der Waals surface area contributed by atoms with Crippen LogP contribution in [0.15, 0.2) is 0 Å². The maximum Gasteiger partial charge on any atom is 0.0320 e. The van der Waals surface area contributed by atoms with Crippen LogP contribution in [-0.4, -0.2) is 50.7 Å². The van der Waals surface area contributed by atoms with Crippen LogP contribution in [0, 0.1) is 11.3 Å². The molecule has 1 atom stereocenters. The van der Waals surface area contributed by atoms with Crippen LogP contribution < -0.4 is 10.6 Å². The van der Waals surface area contributed by atoms with Crippen molar-refractivity contribution in [2.24, 2.45) is 11.3 Å². The lowest BCUT2D eigenvalue weighted by Crippen LogP contribution is -2.54. The Kier molecular flexibility index (Phi) is 4.45. The highest BCUT2D eigenvalue weighted by Crippen LogP contribution is 2.41. The zero-order chi connectivity index (χ0) is 12.3. The fourth-order valence-electron chi connectivity index (χ4n) is 3.03. The number of likely N-dealkylation sites (N-methyl/N-ethyl adjacent to an activating group) is 1. The summed E-state index contributed by atoms with van der Waals surface area (Å²) in [5, 5.41) is 7.26. The van der Waals surface area contributed by atoms with Crippen molar-refractivity contribution in [1.29, 1.82) is 0 Å². The largest absolute Gasteiger partial charge is 0.315 e. The molecule has 0 spiro atoms. The Morgan fingerprint density at radius 3 is 2.71 bits per heavy atom. The average molecular weight is 239 g/mol. The molecule has 3 heteroatoms. The van der Waals surface area contributed by atoms with Crippen LogP contribution in [0.1, 0.15) is 33.1 Å². The van der Waals surface area contributed by atoms with E-state index < -0.39 is 0 Å². The average Bonchev–Trinajstić information content (AvgIpc) is 2.13. The standard InChI is InChI=1S/C14H29N3/c1-14(2,12-5-4-6-12)11-15-9-13-10-17(3)8-7-16-13/h12-13,15-16H,4-11H2,1-3H3. The van der Waals surface area contributed by atoms with Gasteiger partial charge in [-0.3, -0.25) is 0 Å². The third kappa shape index (κ3) is 3.67. The predicted octanol–water partition coefficient (Wildman–Crippen LogP) is 1.31. The highest BCUT2D eigenvalue weighted by atomic mass is 15.2. The summed E-state index contributed by atoms with van der Waals surface area (Å²) in [6.45, 7) is 10.6. The second kappa shape index (κ2) is 5.68. The van der Waals surface area contributed by atoms with Gasteiger partial charge in [0.2, 0.25) is 0 Å². The molecule has 2 rings (SSSR count). The number of rotatable bonds is 5. The molecular formula is C14H29N3. The molecule has 0 aromatic carbocycles. The molecule has 0 radical (unpaired) electrons. The Hall–Kier alpha value is -0.120. The van der Waals surface area contributed by atoms with Crippen molar-refractivity contribution in [2.45, 2.75) is 39.2 Å². The van der Waals surface area contributed by atoms with Gasteiger partial charge in [-0.25, -0.2) is 0 Å². The van der Waals surface area contributed by atoms with Crippen LogP contribution in [-0.2, 0) is 0 Å². The lowest BCUT2D eigenvalue weighted by Gasteiger charge is -2.41. The Morgan fingerprint density at radius 1 is 1.35 bits per heavy atom. The minimum Gasteiger partial charge on any atom is -0.315 e. The first-order chi connectivity index (χ1) is 8.08. The van der Waals surface area contributed by atoms with Crippen LogP contribution in [0.5, 0.6) is 0 Å². The van der Waals surface area contributed by atoms with Gasteiger partial charge < -0.3 is 15.5 Å². The van der Waals surface area contributed by atoms with Gasteiger partial charge >= 0.3 is 0 Å². The molecule has 1 heterocycles. The van der Waals surface area contributed by atoms with E-state index in [1.165, 1.54) is 38.9 Å². The van der Waals surface area contributed by atoms with Crippen molar-refractivity contribution >= 4 is 0 Å². The SMILES string of the molecule is CN1CCNC(CNCC(C)(C)C2CCC2)C1. The van der Waals surface area contributed by atoms with Gasteiger partial charge in [0.05, 0.1) is 0 Å². The Bertz CT molecular complexity index is 236. The van der Waals surface area contributed by atoms with E-state index in [2.05, 4.69) is 36.4 Å². The lowest BCUT2D eigenvalue weighted by atomic mass is 9.67. The number of nitrogens with one attached hydrogen (secondary N) is 2. The molecule has 0 aromatic rings. The molecule has 3 nitrogen and oxygen atoms in total. The van der Waals surface area contributed by atoms with E-state index in [-0.39, 0.29) is 0 Å². The van der Waals surface area contributed by atoms with Crippen LogP contribution in [0.4, 0.5) is 0 Å². The van der Waals surface area contributed by atoms with Crippen molar-refractivity contribution in [3.8, 4) is 0 Å². The van der Waals surface area contributed by atoms with Gasteiger partial charge in [0, 0.05) is 38.8 Å². The monoisotopic (exact) mass is 239 g/mol. The summed E-state index contributed by atoms with van der Waals surface area (Å²) in [7, 11) is 2.21. The normalized spacial score (nSPS) is 28.1. The summed E-state index contributed by atoms with van der Waals surface area (Å²) < 4.78 is 0. The fourth-order valence-corrected chi connectivity index (χ4v) is 3.03. The lowest BCUT2D eigenvalue weighted by molar-refractivity contribution is 0.116. The second-order valence-electron chi connectivity index (χ2n) is 6.66. The summed E-state index contributed by atoms with van der Waals surface area (Å²) in [4.78, 5) is 2.42. The van der Waals surface area contributed by atoms with E-state index >= 15 is 0 Å². The van der Waals surface area contributed by atoms with Gasteiger partial charge in [-0.1, -0.05) is 20.3 Å². The molecule has 1 saturated carbocycles. The van der Waals surface area contributed by atoms with E-state index in [0.717, 1.165) is 19.0 Å². The number of piperazine rings is 1. The molecule has 0 amide bonds. The van der Waals surface area contributed by atoms with Crippen LogP contribution in [0.25, 0.3) is 0 Å². The third-order valence-corrected chi connectivity index (χ3v) is 4.64. The Morgan fingerprint density at radius 2 is 2.12 bits per heavy atom. The first-order valence-corrected chi connectivity index (χ1v) is 7.20. The summed E-state index contributed by atoms with van der Waals surface area (Å²) in [5.74, 6) is 0.956. The van der Waals surface area contributed by atoms with E-state index in [1.54, 1.807) is 0 Å². The van der Waals surface area contributed by atoms with Crippen LogP contribution in [0.2, 0.25) is 0 Å². The van der Waals surface area contributed by atoms with Gasteiger partial charge in [-0.05, 0) is 31.2 Å². The molecule has 0 aromatic heterocycles. The van der Waals surface area contributed by atoms with Gasteiger partial charge in [-0.15, -0.1) is 0 Å². The summed E-state index contributed by atoms with van der Waals surface area (Å²) in [6, 6.07) is 0.631. The number of hydrogen-bond donors (Lipinski definition) is 2. The summed E-state index contributed by atoms with van der Waals surface area (Å²) in [5.41, 5.74) is 0.485. The molecule has 1 aliphatic carbocycles. The van der Waals surface area contributed by atoms with Crippen LogP contribution in [0.3, 0.4) is 0 Å². The van der Waals surface area contributed by atoms with Crippen molar-refractivity contribution < 1.29 is 0 Å². The summed E-state index contributed by atoms with van der Waals surface area (Å²) in [6.07, 6.45) is 4.33. The highest BCUT2D eigenvalue weighted by molar-refractivity contribution is 4.87. The first-order valence-electron chi connectivity index (χ1n) is 7.20. The van der Waals surface area contributed by atoms with E-state index in [1.807, 2.05) is 0 Å². The maximum absolute atomic E-state index is 3.68. The van der Waals surface area contributed by atoms with Gasteiger partial charge in [-0.2, -0.15) is 0 Å². The van der Waals surface area contributed by atoms with Crippen LogP contribution >= 0.6 is 0 Å². The molecule has 1 unspecified atom stereocenters. The topological polar surface area (TPSA) is 27.3 Å². The maximum atomic E-state index is 3.68. The van der Waals surface area contributed by atoms with Crippen molar-refractivity contribution in [1.82, 2.24) is 15.5 Å². The van der Waals surface area contributed by atoms with E-state index in [4.69, 9.17) is 0 Å². The predicted molar refractivity (Wildman–Crippen MR) is 73.3 cm³/mol. The molecule has 100 valence electrons. The number of hydrogen-bond acceptors (Lipinski definition) is 3. The highest BCUT2D eigenvalue weighted by Gasteiger charge is 2.33. The molecule has 0 bridgehead atoms. The van der Waals surface area contributed by atoms with Gasteiger partial charge in [0.15, 0.2) is 0 Å². The van der Waals surface area contributed by atoms with E-state index in [9.17, 15) is 0 Å². The van der Waals surface area contributed by atoms with Crippen molar-refractivity contribution in [2.75, 3.05) is 39.8 Å². The molecule has 17 heavy (non-hydrogen) atoms. The minimum atomic E-state index is 0.485. The molecule has 2 N–H and O–H groups in total. The van der Waals surface area contributed by atoms with Gasteiger partial charge in [0.1, 0.15) is 0 Å². The third-order valence-electron chi connectivity index (χ3n) is 4.64. The Labute approximate surface area is 106 Å². The van der Waals surface area contributed by atoms with Crippen molar-refractivity contribution in [3.05, 3.63) is 0 Å². The smallest absolute Gasteiger partial charge is 0.0320 e. The molecular weight excluding hydrogens is 210 g/mol. The molecule has 2 fully saturated rings. The Balaban J connectivity index is 1.64. The quantitative estimate of drug-likeness (QED) is 0.757. The second-order valence-corrected chi connectivity index (χ2v) is 6.66. The number of nitrogens with zero attached hydrogens (tertiary/aromatic N) is 1. The van der Waals surface area contributed by atoms with E-state index in [0.29, 0.717) is 11.5 Å². The molecule has 1 saturated heterocycles. The molecule has 2 aliphatic rings. The fraction of sp³-hybridized carbons (Fsp3) is 1.00. The first kappa shape index (κ1) is 13.3. The zero-order valence-corrected chi connectivity index (χ0v) is 11.8.